The molecule has 3 heterocycles. The Morgan fingerprint density at radius 3 is 2.96 bits per heavy atom. The molecule has 4 rings (SSSR count). The van der Waals surface area contributed by atoms with E-state index in [2.05, 4.69) is 38.8 Å². The number of hydrogen-bond donors (Lipinski definition) is 0. The number of hydrogen-bond acceptors (Lipinski definition) is 6. The standard InChI is InChI=1S/C16H18N4O2S/c21-16(13-11-23-18-17-13)20-9-14-15(10-20)22-7-6-19(14)8-12-4-2-1-3-5-12/h1-5,11,14-15H,6-10H2/t14-,15+/m0/s1. The Morgan fingerprint density at radius 1 is 1.30 bits per heavy atom. The zero-order valence-corrected chi connectivity index (χ0v) is 13.5. The summed E-state index contributed by atoms with van der Waals surface area (Å²) in [5.41, 5.74) is 1.73. The summed E-state index contributed by atoms with van der Waals surface area (Å²) >= 11 is 1.20. The van der Waals surface area contributed by atoms with Crippen molar-refractivity contribution in [1.29, 1.82) is 0 Å². The molecule has 0 unspecified atom stereocenters. The monoisotopic (exact) mass is 330 g/mol. The fraction of sp³-hybridized carbons (Fsp3) is 0.438. The van der Waals surface area contributed by atoms with Crippen LogP contribution in [0.25, 0.3) is 0 Å². The predicted octanol–water partition coefficient (Wildman–Crippen LogP) is 1.26. The van der Waals surface area contributed by atoms with Gasteiger partial charge in [-0.05, 0) is 17.1 Å². The van der Waals surface area contributed by atoms with Crippen LogP contribution in [0.5, 0.6) is 0 Å². The van der Waals surface area contributed by atoms with Gasteiger partial charge in [-0.3, -0.25) is 9.69 Å². The number of morpholine rings is 1. The summed E-state index contributed by atoms with van der Waals surface area (Å²) in [5, 5.41) is 5.59. The van der Waals surface area contributed by atoms with Gasteiger partial charge < -0.3 is 9.64 Å². The number of carbonyl (C=O) groups excluding carboxylic acids is 1. The number of amides is 1. The Labute approximate surface area is 138 Å². The third-order valence-corrected chi connectivity index (χ3v) is 5.02. The lowest BCUT2D eigenvalue weighted by Gasteiger charge is -2.36. The minimum Gasteiger partial charge on any atom is -0.373 e. The van der Waals surface area contributed by atoms with Gasteiger partial charge in [0.15, 0.2) is 5.69 Å². The van der Waals surface area contributed by atoms with E-state index in [9.17, 15) is 4.79 Å². The molecule has 6 nitrogen and oxygen atoms in total. The molecule has 0 bridgehead atoms. The normalized spacial score (nSPS) is 24.6. The maximum Gasteiger partial charge on any atom is 0.275 e. The average molecular weight is 330 g/mol. The molecular weight excluding hydrogens is 312 g/mol. The first-order valence-corrected chi connectivity index (χ1v) is 8.61. The molecule has 7 heteroatoms. The van der Waals surface area contributed by atoms with Crippen molar-refractivity contribution < 1.29 is 9.53 Å². The van der Waals surface area contributed by atoms with Crippen LogP contribution in [0.2, 0.25) is 0 Å². The van der Waals surface area contributed by atoms with E-state index in [0.29, 0.717) is 25.4 Å². The summed E-state index contributed by atoms with van der Waals surface area (Å²) in [7, 11) is 0. The number of aromatic nitrogens is 2. The summed E-state index contributed by atoms with van der Waals surface area (Å²) in [6.45, 7) is 3.83. The molecule has 2 fully saturated rings. The smallest absolute Gasteiger partial charge is 0.275 e. The van der Waals surface area contributed by atoms with Crippen molar-refractivity contribution in [3.8, 4) is 0 Å². The molecule has 120 valence electrons. The van der Waals surface area contributed by atoms with Gasteiger partial charge in [-0.2, -0.15) is 0 Å². The molecule has 23 heavy (non-hydrogen) atoms. The van der Waals surface area contributed by atoms with Gasteiger partial charge in [0.1, 0.15) is 0 Å². The number of fused-ring (bicyclic) bond motifs is 1. The maximum atomic E-state index is 12.5. The second-order valence-electron chi connectivity index (χ2n) is 5.93. The van der Waals surface area contributed by atoms with Crippen molar-refractivity contribution in [3.63, 3.8) is 0 Å². The quantitative estimate of drug-likeness (QED) is 0.848. The van der Waals surface area contributed by atoms with E-state index in [1.165, 1.54) is 17.1 Å². The van der Waals surface area contributed by atoms with Crippen molar-refractivity contribution in [2.45, 2.75) is 18.7 Å². The highest BCUT2D eigenvalue weighted by atomic mass is 32.1. The Hall–Kier alpha value is -1.83. The molecule has 2 aliphatic heterocycles. The number of benzene rings is 1. The molecule has 0 spiro atoms. The highest BCUT2D eigenvalue weighted by Gasteiger charge is 2.42. The van der Waals surface area contributed by atoms with E-state index < -0.39 is 0 Å². The van der Waals surface area contributed by atoms with E-state index in [1.807, 2.05) is 11.0 Å². The van der Waals surface area contributed by atoms with Crippen LogP contribution in [0.4, 0.5) is 0 Å². The summed E-state index contributed by atoms with van der Waals surface area (Å²) in [6.07, 6.45) is 0.0861. The lowest BCUT2D eigenvalue weighted by Crippen LogP contribution is -2.50. The molecule has 1 aromatic heterocycles. The fourth-order valence-corrected chi connectivity index (χ4v) is 3.79. The molecule has 2 aliphatic rings. The van der Waals surface area contributed by atoms with Crippen LogP contribution in [0.15, 0.2) is 35.7 Å². The number of likely N-dealkylation sites (tertiary alicyclic amines) is 1. The fourth-order valence-electron chi connectivity index (χ4n) is 3.36. The molecule has 0 aliphatic carbocycles. The van der Waals surface area contributed by atoms with E-state index in [1.54, 1.807) is 5.38 Å². The predicted molar refractivity (Wildman–Crippen MR) is 86.2 cm³/mol. The number of rotatable bonds is 3. The highest BCUT2D eigenvalue weighted by Crippen LogP contribution is 2.25. The van der Waals surface area contributed by atoms with Crippen LogP contribution in [-0.2, 0) is 11.3 Å². The molecule has 2 aromatic rings. The van der Waals surface area contributed by atoms with E-state index in [-0.39, 0.29) is 18.1 Å². The van der Waals surface area contributed by atoms with Gasteiger partial charge in [0.25, 0.3) is 5.91 Å². The first kappa shape index (κ1) is 14.7. The van der Waals surface area contributed by atoms with Gasteiger partial charge in [0.2, 0.25) is 0 Å². The minimum atomic E-state index is -0.0450. The number of carbonyl (C=O) groups is 1. The van der Waals surface area contributed by atoms with Gasteiger partial charge in [-0.1, -0.05) is 34.8 Å². The second kappa shape index (κ2) is 6.35. The van der Waals surface area contributed by atoms with Crippen molar-refractivity contribution in [3.05, 3.63) is 47.0 Å². The first-order chi connectivity index (χ1) is 11.3. The zero-order chi connectivity index (χ0) is 15.6. The van der Waals surface area contributed by atoms with E-state index >= 15 is 0 Å². The minimum absolute atomic E-state index is 0.0450. The number of nitrogens with zero attached hydrogens (tertiary/aromatic N) is 4. The molecule has 2 atom stereocenters. The molecule has 1 aromatic carbocycles. The van der Waals surface area contributed by atoms with Crippen molar-refractivity contribution >= 4 is 17.4 Å². The maximum absolute atomic E-state index is 12.5. The Kier molecular flexibility index (Phi) is 4.07. The summed E-state index contributed by atoms with van der Waals surface area (Å²) < 4.78 is 9.68. The van der Waals surface area contributed by atoms with Gasteiger partial charge >= 0.3 is 0 Å². The van der Waals surface area contributed by atoms with Crippen molar-refractivity contribution in [2.24, 2.45) is 0 Å². The lowest BCUT2D eigenvalue weighted by molar-refractivity contribution is -0.0503. The molecule has 0 N–H and O–H groups in total. The van der Waals surface area contributed by atoms with Crippen LogP contribution >= 0.6 is 11.5 Å². The summed E-state index contributed by atoms with van der Waals surface area (Å²) in [4.78, 5) is 16.7. The molecule has 0 radical (unpaired) electrons. The van der Waals surface area contributed by atoms with Gasteiger partial charge in [0, 0.05) is 31.6 Å². The van der Waals surface area contributed by atoms with Crippen LogP contribution in [0.3, 0.4) is 0 Å². The Balaban J connectivity index is 1.47. The third-order valence-electron chi connectivity index (χ3n) is 4.51. The van der Waals surface area contributed by atoms with Crippen LogP contribution in [0, 0.1) is 0 Å². The van der Waals surface area contributed by atoms with Gasteiger partial charge in [-0.15, -0.1) is 5.10 Å². The highest BCUT2D eigenvalue weighted by molar-refractivity contribution is 7.03. The summed E-state index contributed by atoms with van der Waals surface area (Å²) in [5.74, 6) is -0.0450. The van der Waals surface area contributed by atoms with Crippen LogP contribution < -0.4 is 0 Å². The second-order valence-corrected chi connectivity index (χ2v) is 6.54. The Bertz CT molecular complexity index is 664. The molecule has 0 saturated carbocycles. The van der Waals surface area contributed by atoms with Gasteiger partial charge in [0.05, 0.1) is 18.8 Å². The largest absolute Gasteiger partial charge is 0.373 e. The molecule has 1 amide bonds. The topological polar surface area (TPSA) is 58.6 Å². The lowest BCUT2D eigenvalue weighted by atomic mass is 10.1. The zero-order valence-electron chi connectivity index (χ0n) is 12.7. The van der Waals surface area contributed by atoms with E-state index in [4.69, 9.17) is 4.74 Å². The van der Waals surface area contributed by atoms with Crippen LogP contribution in [0.1, 0.15) is 16.1 Å². The van der Waals surface area contributed by atoms with E-state index in [0.717, 1.165) is 13.1 Å². The SMILES string of the molecule is O=C(c1csnn1)N1C[C@H]2OCCN(Cc3ccccc3)[C@H]2C1. The molecular formula is C16H18N4O2S. The van der Waals surface area contributed by atoms with Crippen molar-refractivity contribution in [1.82, 2.24) is 19.4 Å². The third kappa shape index (κ3) is 2.99. The molecule has 2 saturated heterocycles. The first-order valence-electron chi connectivity index (χ1n) is 7.77. The Morgan fingerprint density at radius 2 is 2.17 bits per heavy atom. The number of ether oxygens (including phenoxy) is 1. The van der Waals surface area contributed by atoms with Crippen LogP contribution in [-0.4, -0.2) is 63.7 Å². The van der Waals surface area contributed by atoms with Crippen molar-refractivity contribution in [2.75, 3.05) is 26.2 Å². The van der Waals surface area contributed by atoms with Gasteiger partial charge in [-0.25, -0.2) is 0 Å². The average Bonchev–Trinajstić information content (AvgIpc) is 3.25. The summed E-state index contributed by atoms with van der Waals surface area (Å²) in [6, 6.07) is 10.7.